The van der Waals surface area contributed by atoms with Gasteiger partial charge in [0.25, 0.3) is 11.6 Å². The maximum atomic E-state index is 13.0. The number of amides is 2. The number of alkyl halides is 1. The summed E-state index contributed by atoms with van der Waals surface area (Å²) in [7, 11) is 0. The minimum atomic E-state index is -0.624. The Morgan fingerprint density at radius 3 is 2.84 bits per heavy atom. The SMILES string of the molecule is Nn1c(CSc2nnc(Cc3csc(NC(=O)CCl)n3)n2NC(=O)c2cccc([N+](=O)[O-])c2)n[nH]c1=S. The molecule has 5 N–H and O–H groups in total. The van der Waals surface area contributed by atoms with E-state index in [2.05, 4.69) is 36.1 Å². The molecule has 3 aromatic heterocycles. The summed E-state index contributed by atoms with van der Waals surface area (Å²) in [6.45, 7) is 0. The number of nitrogens with one attached hydrogen (secondary N) is 3. The zero-order chi connectivity index (χ0) is 26.5. The van der Waals surface area contributed by atoms with Crippen LogP contribution < -0.4 is 16.6 Å². The van der Waals surface area contributed by atoms with Gasteiger partial charge in [0.15, 0.2) is 16.8 Å². The number of halogens is 1. The van der Waals surface area contributed by atoms with E-state index in [0.717, 1.165) is 6.07 Å². The first-order valence-corrected chi connectivity index (χ1v) is 12.9. The van der Waals surface area contributed by atoms with Gasteiger partial charge in [0, 0.05) is 23.1 Å². The zero-order valence-electron chi connectivity index (χ0n) is 18.5. The lowest BCUT2D eigenvalue weighted by atomic mass is 10.2. The van der Waals surface area contributed by atoms with Crippen molar-refractivity contribution in [3.63, 3.8) is 0 Å². The van der Waals surface area contributed by atoms with Crippen LogP contribution in [0.4, 0.5) is 10.8 Å². The lowest BCUT2D eigenvalue weighted by molar-refractivity contribution is -0.384. The van der Waals surface area contributed by atoms with E-state index in [1.165, 1.54) is 50.6 Å². The van der Waals surface area contributed by atoms with Gasteiger partial charge in [-0.05, 0) is 18.3 Å². The smallest absolute Gasteiger partial charge is 0.270 e. The summed E-state index contributed by atoms with van der Waals surface area (Å²) < 4.78 is 2.79. The molecule has 0 fully saturated rings. The fourth-order valence-corrected chi connectivity index (χ4v) is 4.66. The van der Waals surface area contributed by atoms with Crippen molar-refractivity contribution in [2.75, 3.05) is 22.5 Å². The molecule has 4 rings (SSSR count). The van der Waals surface area contributed by atoms with Crippen molar-refractivity contribution < 1.29 is 14.5 Å². The molecule has 0 aliphatic rings. The van der Waals surface area contributed by atoms with Gasteiger partial charge in [0.2, 0.25) is 15.8 Å². The van der Waals surface area contributed by atoms with E-state index in [-0.39, 0.29) is 39.2 Å². The van der Waals surface area contributed by atoms with Crippen molar-refractivity contribution >= 4 is 69.6 Å². The maximum Gasteiger partial charge on any atom is 0.270 e. The van der Waals surface area contributed by atoms with Crippen LogP contribution >= 0.6 is 46.9 Å². The van der Waals surface area contributed by atoms with Crippen molar-refractivity contribution in [2.45, 2.75) is 17.3 Å². The molecule has 0 atom stereocenters. The van der Waals surface area contributed by atoms with Crippen LogP contribution in [0.15, 0.2) is 34.8 Å². The molecule has 4 aromatic rings. The van der Waals surface area contributed by atoms with Crippen molar-refractivity contribution in [2.24, 2.45) is 0 Å². The van der Waals surface area contributed by atoms with Gasteiger partial charge < -0.3 is 11.2 Å². The van der Waals surface area contributed by atoms with E-state index >= 15 is 0 Å². The molecule has 19 heteroatoms. The average molecular weight is 582 g/mol. The molecule has 3 heterocycles. The van der Waals surface area contributed by atoms with Crippen LogP contribution in [0.3, 0.4) is 0 Å². The van der Waals surface area contributed by atoms with Gasteiger partial charge in [-0.3, -0.25) is 30.2 Å². The van der Waals surface area contributed by atoms with Crippen LogP contribution in [0.25, 0.3) is 0 Å². The Morgan fingerprint density at radius 1 is 1.32 bits per heavy atom. The number of nitrogen functional groups attached to an aromatic ring is 1. The highest BCUT2D eigenvalue weighted by molar-refractivity contribution is 7.98. The summed E-state index contributed by atoms with van der Waals surface area (Å²) in [6, 6.07) is 5.29. The monoisotopic (exact) mass is 581 g/mol. The Hall–Kier alpha value is -3.87. The lowest BCUT2D eigenvalue weighted by Gasteiger charge is -2.11. The number of nitro groups is 1. The lowest BCUT2D eigenvalue weighted by Crippen LogP contribution is -2.26. The molecule has 0 bridgehead atoms. The van der Waals surface area contributed by atoms with Gasteiger partial charge in [-0.15, -0.1) is 33.1 Å². The van der Waals surface area contributed by atoms with Gasteiger partial charge in [-0.1, -0.05) is 17.8 Å². The molecule has 15 nitrogen and oxygen atoms in total. The number of carbonyl (C=O) groups excluding carboxylic acids is 2. The summed E-state index contributed by atoms with van der Waals surface area (Å²) in [6.07, 6.45) is 0.144. The standard InChI is InChI=1S/C18H16ClN11O4S3/c19-6-14(31)22-16-21-10(7-36-16)5-12-23-26-18(37-8-13-24-25-17(35)28(13)20)29(12)27-15(32)9-2-1-3-11(4-9)30(33)34/h1-4,7H,5-6,8,20H2,(H,25,35)(H,27,32)(H,21,22,31). The summed E-state index contributed by atoms with van der Waals surface area (Å²) in [4.78, 5) is 39.4. The number of nitrogens with zero attached hydrogens (tertiary/aromatic N) is 7. The number of H-pyrrole nitrogens is 1. The van der Waals surface area contributed by atoms with E-state index in [9.17, 15) is 19.7 Å². The van der Waals surface area contributed by atoms with Crippen LogP contribution in [0.1, 0.15) is 27.7 Å². The van der Waals surface area contributed by atoms with Crippen LogP contribution in [0.5, 0.6) is 0 Å². The largest absolute Gasteiger partial charge is 0.335 e. The van der Waals surface area contributed by atoms with Crippen molar-refractivity contribution in [3.05, 3.63) is 67.4 Å². The van der Waals surface area contributed by atoms with E-state index in [0.29, 0.717) is 22.5 Å². The molecular weight excluding hydrogens is 566 g/mol. The molecule has 0 aliphatic heterocycles. The van der Waals surface area contributed by atoms with E-state index in [1.54, 1.807) is 5.38 Å². The third-order valence-electron chi connectivity index (χ3n) is 4.60. The second kappa shape index (κ2) is 11.5. The number of hydrogen-bond acceptors (Lipinski definition) is 12. The van der Waals surface area contributed by atoms with E-state index < -0.39 is 16.7 Å². The number of benzene rings is 1. The van der Waals surface area contributed by atoms with Gasteiger partial charge in [-0.2, -0.15) is 5.10 Å². The first-order chi connectivity index (χ1) is 17.7. The third kappa shape index (κ3) is 6.28. The van der Waals surface area contributed by atoms with Gasteiger partial charge >= 0.3 is 0 Å². The minimum Gasteiger partial charge on any atom is -0.335 e. The molecular formula is C18H16ClN11O4S3. The van der Waals surface area contributed by atoms with Crippen LogP contribution in [-0.4, -0.2) is 57.3 Å². The molecule has 0 spiro atoms. The van der Waals surface area contributed by atoms with Crippen LogP contribution in [-0.2, 0) is 17.0 Å². The first-order valence-electron chi connectivity index (χ1n) is 10.1. The molecule has 2 amide bonds. The molecule has 37 heavy (non-hydrogen) atoms. The number of aromatic amines is 1. The predicted molar refractivity (Wildman–Crippen MR) is 138 cm³/mol. The number of non-ortho nitro benzene ring substituents is 1. The van der Waals surface area contributed by atoms with E-state index in [4.69, 9.17) is 29.7 Å². The molecule has 0 unspecified atom stereocenters. The molecule has 0 saturated heterocycles. The van der Waals surface area contributed by atoms with Crippen LogP contribution in [0.2, 0.25) is 0 Å². The highest BCUT2D eigenvalue weighted by Gasteiger charge is 2.20. The number of carbonyl (C=O) groups is 2. The molecule has 1 aromatic carbocycles. The summed E-state index contributed by atoms with van der Waals surface area (Å²) in [5.74, 6) is 5.59. The summed E-state index contributed by atoms with van der Waals surface area (Å²) in [5.41, 5.74) is 3.06. The predicted octanol–water partition coefficient (Wildman–Crippen LogP) is 2.05. The topological polar surface area (TPSA) is 205 Å². The van der Waals surface area contributed by atoms with Gasteiger partial charge in [0.05, 0.1) is 22.8 Å². The molecule has 0 saturated carbocycles. The normalized spacial score (nSPS) is 10.8. The Morgan fingerprint density at radius 2 is 2.14 bits per heavy atom. The fraction of sp³-hybridized carbons (Fsp3) is 0.167. The Bertz CT molecular complexity index is 1530. The minimum absolute atomic E-state index is 0.0624. The van der Waals surface area contributed by atoms with Gasteiger partial charge in [0.1, 0.15) is 5.88 Å². The molecule has 192 valence electrons. The highest BCUT2D eigenvalue weighted by Crippen LogP contribution is 2.23. The third-order valence-corrected chi connectivity index (χ3v) is 6.86. The number of nitrogens with two attached hydrogens (primary N) is 1. The number of aromatic nitrogens is 7. The molecule has 0 aliphatic carbocycles. The number of anilines is 1. The second-order valence-corrected chi connectivity index (χ2v) is 9.54. The quantitative estimate of drug-likeness (QED) is 0.0532. The Labute approximate surface area is 225 Å². The second-order valence-electron chi connectivity index (χ2n) is 7.09. The van der Waals surface area contributed by atoms with Crippen molar-refractivity contribution in [1.29, 1.82) is 0 Å². The summed E-state index contributed by atoms with van der Waals surface area (Å²) in [5, 5.41) is 31.0. The fourth-order valence-electron chi connectivity index (χ4n) is 2.88. The van der Waals surface area contributed by atoms with Crippen LogP contribution in [0, 0.1) is 14.9 Å². The number of hydrogen-bond donors (Lipinski definition) is 4. The molecule has 0 radical (unpaired) electrons. The van der Waals surface area contributed by atoms with Gasteiger partial charge in [-0.25, -0.2) is 14.3 Å². The zero-order valence-corrected chi connectivity index (χ0v) is 21.7. The number of nitro benzene ring substituents is 1. The average Bonchev–Trinajstić information content (AvgIpc) is 3.58. The van der Waals surface area contributed by atoms with Crippen molar-refractivity contribution in [3.8, 4) is 0 Å². The van der Waals surface area contributed by atoms with E-state index in [1.807, 2.05) is 0 Å². The summed E-state index contributed by atoms with van der Waals surface area (Å²) >= 11 is 12.9. The number of rotatable bonds is 10. The number of thiazole rings is 1. The van der Waals surface area contributed by atoms with Crippen molar-refractivity contribution in [1.82, 2.24) is 34.7 Å². The highest BCUT2D eigenvalue weighted by atomic mass is 35.5. The number of thioether (sulfide) groups is 1. The Kier molecular flexibility index (Phi) is 8.11. The Balaban J connectivity index is 1.60. The first kappa shape index (κ1) is 26.2. The maximum absolute atomic E-state index is 13.0.